The predicted octanol–water partition coefficient (Wildman–Crippen LogP) is 8.17. The molecule has 0 radical (unpaired) electrons. The number of fused-ring (bicyclic) bond motifs is 1. The zero-order valence-electron chi connectivity index (χ0n) is 16.9. The number of thioether (sulfide) groups is 1. The highest BCUT2D eigenvalue weighted by Gasteiger charge is 2.80. The van der Waals surface area contributed by atoms with Crippen LogP contribution in [0.5, 0.6) is 0 Å². The SMILES string of the molecule is Brc1ccc(C23C=C(c4ccccc4)SC2(c2ccccc2)C3c2ccccc2)cc1. The van der Waals surface area contributed by atoms with Crippen molar-refractivity contribution in [2.45, 2.75) is 16.1 Å². The van der Waals surface area contributed by atoms with Crippen LogP contribution < -0.4 is 0 Å². The molecule has 4 aromatic rings. The van der Waals surface area contributed by atoms with Crippen molar-refractivity contribution in [3.63, 3.8) is 0 Å². The fraction of sp³-hybridized carbons (Fsp3) is 0.103. The second-order valence-corrected chi connectivity index (χ2v) is 10.5. The van der Waals surface area contributed by atoms with E-state index in [1.54, 1.807) is 0 Å². The lowest BCUT2D eigenvalue weighted by Crippen LogP contribution is -2.13. The van der Waals surface area contributed by atoms with Gasteiger partial charge in [-0.2, -0.15) is 0 Å². The van der Waals surface area contributed by atoms with Crippen LogP contribution in [0, 0.1) is 0 Å². The molecule has 2 aliphatic rings. The molecule has 150 valence electrons. The van der Waals surface area contributed by atoms with Gasteiger partial charge in [0, 0.05) is 20.7 Å². The molecule has 31 heavy (non-hydrogen) atoms. The topological polar surface area (TPSA) is 0 Å². The van der Waals surface area contributed by atoms with Crippen molar-refractivity contribution in [2.24, 2.45) is 0 Å². The first kappa shape index (κ1) is 19.2. The molecule has 4 aromatic carbocycles. The number of allylic oxidation sites excluding steroid dienone is 1. The Morgan fingerprint density at radius 1 is 0.613 bits per heavy atom. The summed E-state index contributed by atoms with van der Waals surface area (Å²) in [6.45, 7) is 0. The highest BCUT2D eigenvalue weighted by Crippen LogP contribution is 2.85. The number of hydrogen-bond donors (Lipinski definition) is 0. The number of hydrogen-bond acceptors (Lipinski definition) is 1. The van der Waals surface area contributed by atoms with Crippen LogP contribution in [0.15, 0.2) is 126 Å². The maximum atomic E-state index is 3.63. The molecule has 1 aliphatic carbocycles. The second-order valence-electron chi connectivity index (χ2n) is 8.30. The molecule has 1 saturated carbocycles. The third-order valence-electron chi connectivity index (χ3n) is 6.74. The molecule has 2 heteroatoms. The summed E-state index contributed by atoms with van der Waals surface area (Å²) in [4.78, 5) is 1.37. The van der Waals surface area contributed by atoms with E-state index in [-0.39, 0.29) is 10.2 Å². The third kappa shape index (κ3) is 2.75. The second kappa shape index (κ2) is 7.25. The lowest BCUT2D eigenvalue weighted by Gasteiger charge is -2.19. The van der Waals surface area contributed by atoms with Crippen LogP contribution in [0.3, 0.4) is 0 Å². The lowest BCUT2D eigenvalue weighted by atomic mass is 9.88. The molecule has 0 nitrogen and oxygen atoms in total. The van der Waals surface area contributed by atoms with E-state index in [4.69, 9.17) is 0 Å². The number of halogens is 1. The quantitative estimate of drug-likeness (QED) is 0.283. The summed E-state index contributed by atoms with van der Waals surface area (Å²) < 4.78 is 1.07. The van der Waals surface area contributed by atoms with Gasteiger partial charge in [-0.15, -0.1) is 11.8 Å². The van der Waals surface area contributed by atoms with Gasteiger partial charge in [-0.3, -0.25) is 0 Å². The van der Waals surface area contributed by atoms with Crippen LogP contribution in [0.4, 0.5) is 0 Å². The largest absolute Gasteiger partial charge is 0.112 e. The summed E-state index contributed by atoms with van der Waals surface area (Å²) in [5.74, 6) is 0.391. The van der Waals surface area contributed by atoms with Gasteiger partial charge in [0.1, 0.15) is 0 Å². The van der Waals surface area contributed by atoms with Crippen LogP contribution in [0.25, 0.3) is 4.91 Å². The van der Waals surface area contributed by atoms with Crippen molar-refractivity contribution in [3.8, 4) is 0 Å². The summed E-state index contributed by atoms with van der Waals surface area (Å²) in [5, 5.41) is 0. The Balaban J connectivity index is 1.62. The smallest absolute Gasteiger partial charge is 0.0674 e. The van der Waals surface area contributed by atoms with E-state index >= 15 is 0 Å². The molecule has 0 aromatic heterocycles. The number of benzene rings is 4. The molecule has 0 bridgehead atoms. The predicted molar refractivity (Wildman–Crippen MR) is 135 cm³/mol. The van der Waals surface area contributed by atoms with Crippen molar-refractivity contribution in [3.05, 3.63) is 148 Å². The van der Waals surface area contributed by atoms with Crippen LogP contribution in [-0.4, -0.2) is 0 Å². The van der Waals surface area contributed by atoms with Gasteiger partial charge in [0.05, 0.1) is 4.75 Å². The Hall–Kier alpha value is -2.55. The van der Waals surface area contributed by atoms with E-state index in [2.05, 4.69) is 137 Å². The Bertz CT molecular complexity index is 1250. The molecule has 3 unspecified atom stereocenters. The van der Waals surface area contributed by atoms with Crippen LogP contribution >= 0.6 is 27.7 Å². The van der Waals surface area contributed by atoms with Gasteiger partial charge in [-0.1, -0.05) is 125 Å². The molecule has 1 aliphatic heterocycles. The molecule has 1 fully saturated rings. The van der Waals surface area contributed by atoms with E-state index in [0.717, 1.165) is 4.47 Å². The maximum absolute atomic E-state index is 3.63. The Morgan fingerprint density at radius 3 is 1.84 bits per heavy atom. The molecule has 0 amide bonds. The van der Waals surface area contributed by atoms with Crippen LogP contribution in [-0.2, 0) is 10.2 Å². The van der Waals surface area contributed by atoms with E-state index in [9.17, 15) is 0 Å². The first-order valence-electron chi connectivity index (χ1n) is 10.6. The highest BCUT2D eigenvalue weighted by atomic mass is 79.9. The summed E-state index contributed by atoms with van der Waals surface area (Å²) in [5.41, 5.74) is 5.42. The van der Waals surface area contributed by atoms with Gasteiger partial charge >= 0.3 is 0 Å². The fourth-order valence-corrected chi connectivity index (χ4v) is 7.65. The zero-order chi connectivity index (χ0) is 20.9. The molecule has 3 atom stereocenters. The van der Waals surface area contributed by atoms with Crippen molar-refractivity contribution < 1.29 is 0 Å². The summed E-state index contributed by atoms with van der Waals surface area (Å²) in [6.07, 6.45) is 2.56. The van der Waals surface area contributed by atoms with Gasteiger partial charge in [0.2, 0.25) is 0 Å². The Kier molecular flexibility index (Phi) is 4.48. The average Bonchev–Trinajstić information content (AvgIpc) is 3.26. The molecule has 0 saturated heterocycles. The summed E-state index contributed by atoms with van der Waals surface area (Å²) in [7, 11) is 0. The minimum atomic E-state index is -0.0771. The van der Waals surface area contributed by atoms with Gasteiger partial charge < -0.3 is 0 Å². The first-order chi connectivity index (χ1) is 15.3. The minimum absolute atomic E-state index is 0.0470. The van der Waals surface area contributed by atoms with E-state index in [0.29, 0.717) is 5.92 Å². The zero-order valence-corrected chi connectivity index (χ0v) is 19.3. The fourth-order valence-electron chi connectivity index (χ4n) is 5.44. The molecule has 0 N–H and O–H groups in total. The summed E-state index contributed by atoms with van der Waals surface area (Å²) in [6, 6.07) is 41.9. The molecular weight excluding hydrogens is 460 g/mol. The van der Waals surface area contributed by atoms with Gasteiger partial charge in [-0.25, -0.2) is 0 Å². The van der Waals surface area contributed by atoms with Crippen molar-refractivity contribution in [2.75, 3.05) is 0 Å². The van der Waals surface area contributed by atoms with Crippen molar-refractivity contribution >= 4 is 32.6 Å². The first-order valence-corrected chi connectivity index (χ1v) is 12.2. The maximum Gasteiger partial charge on any atom is 0.0674 e. The third-order valence-corrected chi connectivity index (χ3v) is 8.97. The normalized spacial score (nSPS) is 26.2. The monoisotopic (exact) mass is 480 g/mol. The van der Waals surface area contributed by atoms with E-state index in [1.807, 2.05) is 11.8 Å². The Labute approximate surface area is 196 Å². The van der Waals surface area contributed by atoms with Crippen LogP contribution in [0.2, 0.25) is 0 Å². The summed E-state index contributed by atoms with van der Waals surface area (Å²) >= 11 is 5.68. The standard InChI is InChI=1S/C29H21BrS/c30-25-18-16-23(17-19-25)28-20-26(21-10-4-1-5-11-21)31-29(28,24-14-8-3-9-15-24)27(28)22-12-6-2-7-13-22/h1-20,27H. The average molecular weight is 481 g/mol. The molecule has 6 rings (SSSR count). The number of rotatable bonds is 4. The lowest BCUT2D eigenvalue weighted by molar-refractivity contribution is 0.808. The molecule has 1 heterocycles. The van der Waals surface area contributed by atoms with Crippen molar-refractivity contribution in [1.29, 1.82) is 0 Å². The van der Waals surface area contributed by atoms with Gasteiger partial charge in [-0.05, 0) is 34.4 Å². The van der Waals surface area contributed by atoms with Gasteiger partial charge in [0.25, 0.3) is 0 Å². The Morgan fingerprint density at radius 2 is 1.19 bits per heavy atom. The van der Waals surface area contributed by atoms with E-state index < -0.39 is 0 Å². The molecule has 0 spiro atoms. The minimum Gasteiger partial charge on any atom is -0.112 e. The van der Waals surface area contributed by atoms with Gasteiger partial charge in [0.15, 0.2) is 0 Å². The highest BCUT2D eigenvalue weighted by molar-refractivity contribution is 9.10. The van der Waals surface area contributed by atoms with E-state index in [1.165, 1.54) is 27.2 Å². The van der Waals surface area contributed by atoms with Crippen molar-refractivity contribution in [1.82, 2.24) is 0 Å². The van der Waals surface area contributed by atoms with Crippen LogP contribution in [0.1, 0.15) is 28.2 Å². The molecular formula is C29H21BrS.